The van der Waals surface area contributed by atoms with Crippen molar-refractivity contribution in [1.29, 1.82) is 0 Å². The Labute approximate surface area is 203 Å². The molecule has 3 heterocycles. The molecular formula is C28H25NO6. The lowest BCUT2D eigenvalue weighted by Crippen LogP contribution is -2.52. The van der Waals surface area contributed by atoms with E-state index in [2.05, 4.69) is 4.90 Å². The van der Waals surface area contributed by atoms with Crippen LogP contribution in [0.4, 0.5) is 0 Å². The Morgan fingerprint density at radius 3 is 2.60 bits per heavy atom. The normalized spacial score (nSPS) is 22.3. The Hall–Kier alpha value is -3.84. The van der Waals surface area contributed by atoms with Gasteiger partial charge in [0.05, 0.1) is 12.2 Å². The van der Waals surface area contributed by atoms with Gasteiger partial charge in [-0.1, -0.05) is 48.5 Å². The first kappa shape index (κ1) is 21.7. The van der Waals surface area contributed by atoms with E-state index >= 15 is 0 Å². The van der Waals surface area contributed by atoms with Crippen molar-refractivity contribution in [1.82, 2.24) is 4.90 Å². The van der Waals surface area contributed by atoms with Gasteiger partial charge < -0.3 is 18.9 Å². The molecule has 0 N–H and O–H groups in total. The minimum absolute atomic E-state index is 0.151. The number of esters is 2. The smallest absolute Gasteiger partial charge is 0.338 e. The van der Waals surface area contributed by atoms with E-state index in [4.69, 9.17) is 18.9 Å². The van der Waals surface area contributed by atoms with Gasteiger partial charge in [-0.3, -0.25) is 0 Å². The Morgan fingerprint density at radius 1 is 1.06 bits per heavy atom. The summed E-state index contributed by atoms with van der Waals surface area (Å²) in [5.41, 5.74) is 2.81. The van der Waals surface area contributed by atoms with Crippen LogP contribution in [0.3, 0.4) is 0 Å². The van der Waals surface area contributed by atoms with Crippen molar-refractivity contribution in [3.05, 3.63) is 94.5 Å². The Balaban J connectivity index is 1.52. The van der Waals surface area contributed by atoms with Gasteiger partial charge in [-0.05, 0) is 48.2 Å². The zero-order chi connectivity index (χ0) is 24.0. The quantitative estimate of drug-likeness (QED) is 0.518. The molecule has 3 aliphatic heterocycles. The zero-order valence-corrected chi connectivity index (χ0v) is 19.4. The maximum atomic E-state index is 13.9. The predicted octanol–water partition coefficient (Wildman–Crippen LogP) is 4.14. The van der Waals surface area contributed by atoms with Gasteiger partial charge in [0.15, 0.2) is 23.3 Å². The topological polar surface area (TPSA) is 74.3 Å². The maximum absolute atomic E-state index is 13.9. The van der Waals surface area contributed by atoms with Crippen molar-refractivity contribution < 1.29 is 28.5 Å². The second kappa shape index (κ2) is 8.43. The van der Waals surface area contributed by atoms with E-state index in [1.807, 2.05) is 54.6 Å². The Kier molecular flexibility index (Phi) is 5.22. The molecule has 3 aromatic rings. The molecule has 3 aliphatic rings. The number of carbonyl (C=O) groups excluding carboxylic acids is 2. The zero-order valence-electron chi connectivity index (χ0n) is 19.4. The van der Waals surface area contributed by atoms with Gasteiger partial charge in [0.1, 0.15) is 0 Å². The van der Waals surface area contributed by atoms with Crippen molar-refractivity contribution in [2.24, 2.45) is 0 Å². The number of carbonyl (C=O) groups is 2. The third kappa shape index (κ3) is 3.38. The lowest BCUT2D eigenvalue weighted by Gasteiger charge is -2.42. The molecule has 0 amide bonds. The minimum Gasteiger partial charge on any atom is -0.462 e. The highest BCUT2D eigenvalue weighted by atomic mass is 16.7. The highest BCUT2D eigenvalue weighted by Gasteiger charge is 2.59. The molecule has 3 aromatic carbocycles. The number of ether oxygens (including phenoxy) is 4. The van der Waals surface area contributed by atoms with Crippen LogP contribution in [-0.4, -0.2) is 36.8 Å². The van der Waals surface area contributed by atoms with Gasteiger partial charge in [-0.25, -0.2) is 14.5 Å². The van der Waals surface area contributed by atoms with Crippen molar-refractivity contribution in [3.63, 3.8) is 0 Å². The van der Waals surface area contributed by atoms with Gasteiger partial charge in [-0.15, -0.1) is 0 Å². The molecule has 2 unspecified atom stereocenters. The van der Waals surface area contributed by atoms with Crippen LogP contribution in [0.2, 0.25) is 0 Å². The van der Waals surface area contributed by atoms with E-state index in [1.165, 1.54) is 0 Å². The number of fused-ring (bicyclic) bond motifs is 4. The van der Waals surface area contributed by atoms with Gasteiger partial charge in [-0.2, -0.15) is 0 Å². The average molecular weight is 472 g/mol. The molecule has 7 nitrogen and oxygen atoms in total. The van der Waals surface area contributed by atoms with E-state index in [-0.39, 0.29) is 25.8 Å². The fourth-order valence-corrected chi connectivity index (χ4v) is 5.46. The third-order valence-electron chi connectivity index (χ3n) is 7.04. The SMILES string of the molecule is CCOC(=O)c1ccccc1CC12C(=O)OC(c3ccccc3)N1CCc1cc3c(cc12)OCO3. The molecule has 1 fully saturated rings. The molecule has 0 aromatic heterocycles. The van der Waals surface area contributed by atoms with Crippen molar-refractivity contribution in [3.8, 4) is 11.5 Å². The molecule has 2 atom stereocenters. The fraction of sp³-hybridized carbons (Fsp3) is 0.286. The summed E-state index contributed by atoms with van der Waals surface area (Å²) < 4.78 is 22.7. The molecule has 0 spiro atoms. The van der Waals surface area contributed by atoms with Gasteiger partial charge in [0.2, 0.25) is 6.79 Å². The van der Waals surface area contributed by atoms with Crippen LogP contribution in [-0.2, 0) is 32.6 Å². The highest BCUT2D eigenvalue weighted by Crippen LogP contribution is 2.52. The van der Waals surface area contributed by atoms with Gasteiger partial charge in [0, 0.05) is 18.5 Å². The summed E-state index contributed by atoms with van der Waals surface area (Å²) >= 11 is 0. The number of benzene rings is 3. The average Bonchev–Trinajstić information content (AvgIpc) is 3.46. The summed E-state index contributed by atoms with van der Waals surface area (Å²) in [5, 5.41) is 0. The van der Waals surface area contributed by atoms with Crippen molar-refractivity contribution in [2.75, 3.05) is 19.9 Å². The summed E-state index contributed by atoms with van der Waals surface area (Å²) in [5.74, 6) is 0.549. The molecule has 35 heavy (non-hydrogen) atoms. The second-order valence-electron chi connectivity index (χ2n) is 8.89. The molecule has 0 aliphatic carbocycles. The second-order valence-corrected chi connectivity index (χ2v) is 8.89. The van der Waals surface area contributed by atoms with Crippen molar-refractivity contribution in [2.45, 2.75) is 31.5 Å². The minimum atomic E-state index is -1.13. The van der Waals surface area contributed by atoms with Crippen LogP contribution in [0.25, 0.3) is 0 Å². The summed E-state index contributed by atoms with van der Waals surface area (Å²) in [6.45, 7) is 2.81. The number of cyclic esters (lactones) is 1. The summed E-state index contributed by atoms with van der Waals surface area (Å²) in [4.78, 5) is 28.8. The first-order valence-electron chi connectivity index (χ1n) is 11.8. The molecule has 1 saturated heterocycles. The van der Waals surface area contributed by atoms with E-state index in [0.29, 0.717) is 23.6 Å². The highest BCUT2D eigenvalue weighted by molar-refractivity contribution is 5.92. The summed E-state index contributed by atoms with van der Waals surface area (Å²) in [7, 11) is 0. The Morgan fingerprint density at radius 2 is 1.80 bits per heavy atom. The van der Waals surface area contributed by atoms with E-state index in [0.717, 1.165) is 28.7 Å². The molecule has 0 radical (unpaired) electrons. The monoisotopic (exact) mass is 471 g/mol. The first-order chi connectivity index (χ1) is 17.1. The lowest BCUT2D eigenvalue weighted by atomic mass is 9.76. The molecule has 0 saturated carbocycles. The van der Waals surface area contributed by atoms with E-state index in [1.54, 1.807) is 19.1 Å². The van der Waals surface area contributed by atoms with E-state index in [9.17, 15) is 9.59 Å². The lowest BCUT2D eigenvalue weighted by molar-refractivity contribution is -0.146. The Bertz CT molecular complexity index is 1310. The van der Waals surface area contributed by atoms with Crippen LogP contribution >= 0.6 is 0 Å². The van der Waals surface area contributed by atoms with Crippen LogP contribution < -0.4 is 9.47 Å². The number of hydrogen-bond acceptors (Lipinski definition) is 7. The third-order valence-corrected chi connectivity index (χ3v) is 7.04. The van der Waals surface area contributed by atoms with Crippen LogP contribution in [0.5, 0.6) is 11.5 Å². The summed E-state index contributed by atoms with van der Waals surface area (Å²) in [6, 6.07) is 20.9. The van der Waals surface area contributed by atoms with Gasteiger partial charge >= 0.3 is 11.9 Å². The molecule has 178 valence electrons. The standard InChI is InChI=1S/C28H25NO6/c1-2-32-26(30)21-11-7-6-10-20(21)16-28-22-15-24-23(33-17-34-24)14-19(22)12-13-29(28)25(35-27(28)31)18-8-4-3-5-9-18/h3-11,14-15,25H,2,12-13,16-17H2,1H3. The van der Waals surface area contributed by atoms with Crippen LogP contribution in [0.1, 0.15) is 45.8 Å². The van der Waals surface area contributed by atoms with E-state index < -0.39 is 17.7 Å². The predicted molar refractivity (Wildman–Crippen MR) is 126 cm³/mol. The first-order valence-corrected chi connectivity index (χ1v) is 11.8. The van der Waals surface area contributed by atoms with Crippen LogP contribution in [0, 0.1) is 0 Å². The fourth-order valence-electron chi connectivity index (χ4n) is 5.46. The van der Waals surface area contributed by atoms with Crippen molar-refractivity contribution >= 4 is 11.9 Å². The number of rotatable bonds is 5. The largest absolute Gasteiger partial charge is 0.462 e. The molecular weight excluding hydrogens is 446 g/mol. The number of nitrogens with zero attached hydrogens (tertiary/aromatic N) is 1. The maximum Gasteiger partial charge on any atom is 0.338 e. The van der Waals surface area contributed by atoms with Crippen LogP contribution in [0.15, 0.2) is 66.7 Å². The summed E-state index contributed by atoms with van der Waals surface area (Å²) in [6.07, 6.45) is 0.460. The molecule has 0 bridgehead atoms. The number of hydrogen-bond donors (Lipinski definition) is 0. The van der Waals surface area contributed by atoms with Gasteiger partial charge in [0.25, 0.3) is 0 Å². The molecule has 6 rings (SSSR count). The molecule has 7 heteroatoms.